The van der Waals surface area contributed by atoms with Crippen molar-refractivity contribution in [3.05, 3.63) is 0 Å². The lowest BCUT2D eigenvalue weighted by molar-refractivity contribution is 0.0985. The average molecular weight is 265 g/mol. The highest BCUT2D eigenvalue weighted by Gasteiger charge is 2.36. The third kappa shape index (κ3) is 3.71. The van der Waals surface area contributed by atoms with Crippen LogP contribution in [-0.2, 0) is 0 Å². The van der Waals surface area contributed by atoms with Crippen molar-refractivity contribution in [1.82, 2.24) is 15.1 Å². The fourth-order valence-electron chi connectivity index (χ4n) is 4.28. The maximum absolute atomic E-state index is 3.49. The van der Waals surface area contributed by atoms with Crippen molar-refractivity contribution in [3.8, 4) is 0 Å². The molecule has 1 aliphatic carbocycles. The average Bonchev–Trinajstić information content (AvgIpc) is 2.74. The van der Waals surface area contributed by atoms with Gasteiger partial charge in [-0.2, -0.15) is 0 Å². The summed E-state index contributed by atoms with van der Waals surface area (Å²) in [7, 11) is 0. The quantitative estimate of drug-likeness (QED) is 0.841. The molecule has 0 aromatic rings. The summed E-state index contributed by atoms with van der Waals surface area (Å²) in [6.45, 7) is 10.3. The van der Waals surface area contributed by atoms with Gasteiger partial charge in [0, 0.05) is 26.2 Å². The van der Waals surface area contributed by atoms with Crippen LogP contribution in [0.1, 0.15) is 44.9 Å². The first kappa shape index (κ1) is 13.8. The van der Waals surface area contributed by atoms with Crippen LogP contribution in [0.15, 0.2) is 0 Å². The van der Waals surface area contributed by atoms with Gasteiger partial charge >= 0.3 is 0 Å². The van der Waals surface area contributed by atoms with E-state index in [-0.39, 0.29) is 0 Å². The molecule has 3 nitrogen and oxygen atoms in total. The monoisotopic (exact) mass is 265 g/mol. The Bertz CT molecular complexity index is 255. The zero-order valence-corrected chi connectivity index (χ0v) is 12.5. The normalized spacial score (nSPS) is 29.7. The summed E-state index contributed by atoms with van der Waals surface area (Å²) >= 11 is 0. The molecule has 1 spiro atoms. The first-order chi connectivity index (χ1) is 9.36. The second-order valence-electron chi connectivity index (χ2n) is 6.99. The summed E-state index contributed by atoms with van der Waals surface area (Å²) in [6, 6.07) is 0. The second kappa shape index (κ2) is 6.55. The molecule has 0 radical (unpaired) electrons. The minimum atomic E-state index is 0.781. The van der Waals surface area contributed by atoms with Crippen LogP contribution in [0.4, 0.5) is 0 Å². The predicted octanol–water partition coefficient (Wildman–Crippen LogP) is 1.94. The van der Waals surface area contributed by atoms with Gasteiger partial charge in [-0.15, -0.1) is 0 Å². The topological polar surface area (TPSA) is 18.5 Å². The molecular formula is C16H31N3. The third-order valence-electron chi connectivity index (χ3n) is 5.75. The van der Waals surface area contributed by atoms with Crippen LogP contribution < -0.4 is 5.32 Å². The van der Waals surface area contributed by atoms with Crippen molar-refractivity contribution >= 4 is 0 Å². The molecule has 2 saturated heterocycles. The van der Waals surface area contributed by atoms with E-state index in [1.54, 1.807) is 0 Å². The number of hydrogen-bond donors (Lipinski definition) is 1. The molecule has 2 heterocycles. The lowest BCUT2D eigenvalue weighted by Crippen LogP contribution is -2.43. The van der Waals surface area contributed by atoms with Gasteiger partial charge in [-0.25, -0.2) is 0 Å². The summed E-state index contributed by atoms with van der Waals surface area (Å²) in [4.78, 5) is 5.38. The molecular weight excluding hydrogens is 234 g/mol. The molecule has 0 aromatic heterocycles. The molecule has 0 unspecified atom stereocenters. The lowest BCUT2D eigenvalue weighted by atomic mass is 9.77. The standard InChI is InChI=1S/C16H31N3/c1-2-5-16(4-1)6-11-19(12-7-16)15-14-18-10-3-8-17-9-13-18/h17H,1-15H2. The molecule has 1 N–H and O–H groups in total. The van der Waals surface area contributed by atoms with Crippen molar-refractivity contribution < 1.29 is 0 Å². The van der Waals surface area contributed by atoms with Gasteiger partial charge in [0.05, 0.1) is 0 Å². The zero-order valence-electron chi connectivity index (χ0n) is 12.5. The van der Waals surface area contributed by atoms with Crippen LogP contribution in [0.5, 0.6) is 0 Å². The van der Waals surface area contributed by atoms with Gasteiger partial charge < -0.3 is 15.1 Å². The summed E-state index contributed by atoms with van der Waals surface area (Å²) in [5.74, 6) is 0. The van der Waals surface area contributed by atoms with E-state index in [0.29, 0.717) is 0 Å². The Kier molecular flexibility index (Phi) is 4.78. The minimum Gasteiger partial charge on any atom is -0.315 e. The van der Waals surface area contributed by atoms with Gasteiger partial charge in [-0.05, 0) is 63.7 Å². The first-order valence-corrected chi connectivity index (χ1v) is 8.52. The van der Waals surface area contributed by atoms with E-state index in [4.69, 9.17) is 0 Å². The fraction of sp³-hybridized carbons (Fsp3) is 1.00. The fourth-order valence-corrected chi connectivity index (χ4v) is 4.28. The van der Waals surface area contributed by atoms with Crippen molar-refractivity contribution in [3.63, 3.8) is 0 Å². The van der Waals surface area contributed by atoms with Gasteiger partial charge in [0.1, 0.15) is 0 Å². The first-order valence-electron chi connectivity index (χ1n) is 8.52. The summed E-state index contributed by atoms with van der Waals surface area (Å²) in [5.41, 5.74) is 0.781. The van der Waals surface area contributed by atoms with E-state index in [9.17, 15) is 0 Å². The zero-order chi connectivity index (χ0) is 13.0. The molecule has 0 amide bonds. The Morgan fingerprint density at radius 1 is 0.684 bits per heavy atom. The number of rotatable bonds is 3. The molecule has 3 rings (SSSR count). The number of likely N-dealkylation sites (tertiary alicyclic amines) is 1. The second-order valence-corrected chi connectivity index (χ2v) is 6.99. The van der Waals surface area contributed by atoms with E-state index >= 15 is 0 Å². The molecule has 3 heteroatoms. The number of nitrogens with one attached hydrogen (secondary N) is 1. The van der Waals surface area contributed by atoms with E-state index in [1.807, 2.05) is 0 Å². The number of piperidine rings is 1. The lowest BCUT2D eigenvalue weighted by Gasteiger charge is -2.40. The Morgan fingerprint density at radius 2 is 1.37 bits per heavy atom. The van der Waals surface area contributed by atoms with Crippen molar-refractivity contribution in [1.29, 1.82) is 0 Å². The number of hydrogen-bond acceptors (Lipinski definition) is 3. The Balaban J connectivity index is 1.37. The van der Waals surface area contributed by atoms with Crippen LogP contribution in [0.3, 0.4) is 0 Å². The van der Waals surface area contributed by atoms with E-state index in [1.165, 1.54) is 97.3 Å². The Labute approximate surface area is 118 Å². The maximum atomic E-state index is 3.49. The predicted molar refractivity (Wildman–Crippen MR) is 80.5 cm³/mol. The molecule has 2 aliphatic heterocycles. The molecule has 0 atom stereocenters. The van der Waals surface area contributed by atoms with Gasteiger partial charge in [0.15, 0.2) is 0 Å². The summed E-state index contributed by atoms with van der Waals surface area (Å²) < 4.78 is 0. The van der Waals surface area contributed by atoms with Crippen molar-refractivity contribution in [2.24, 2.45) is 5.41 Å². The molecule has 0 aromatic carbocycles. The van der Waals surface area contributed by atoms with Crippen molar-refractivity contribution in [2.75, 3.05) is 52.4 Å². The number of nitrogens with zero attached hydrogens (tertiary/aromatic N) is 2. The molecule has 3 aliphatic rings. The van der Waals surface area contributed by atoms with Gasteiger partial charge in [0.2, 0.25) is 0 Å². The Hall–Kier alpha value is -0.120. The van der Waals surface area contributed by atoms with Gasteiger partial charge in [-0.1, -0.05) is 12.8 Å². The van der Waals surface area contributed by atoms with Gasteiger partial charge in [-0.3, -0.25) is 0 Å². The summed E-state index contributed by atoms with van der Waals surface area (Å²) in [6.07, 6.45) is 10.3. The minimum absolute atomic E-state index is 0.781. The smallest absolute Gasteiger partial charge is 0.0110 e. The van der Waals surface area contributed by atoms with Gasteiger partial charge in [0.25, 0.3) is 0 Å². The SMILES string of the molecule is C1CNCCN(CCN2CCC3(CCCC3)CC2)C1. The van der Waals surface area contributed by atoms with E-state index in [2.05, 4.69) is 15.1 Å². The molecule has 19 heavy (non-hydrogen) atoms. The maximum Gasteiger partial charge on any atom is 0.0110 e. The largest absolute Gasteiger partial charge is 0.315 e. The third-order valence-corrected chi connectivity index (χ3v) is 5.75. The van der Waals surface area contributed by atoms with Crippen LogP contribution >= 0.6 is 0 Å². The van der Waals surface area contributed by atoms with Crippen LogP contribution in [0, 0.1) is 5.41 Å². The molecule has 110 valence electrons. The molecule has 3 fully saturated rings. The highest BCUT2D eigenvalue weighted by atomic mass is 15.2. The molecule has 1 saturated carbocycles. The highest BCUT2D eigenvalue weighted by molar-refractivity contribution is 4.89. The van der Waals surface area contributed by atoms with Crippen molar-refractivity contribution in [2.45, 2.75) is 44.9 Å². The van der Waals surface area contributed by atoms with E-state index < -0.39 is 0 Å². The van der Waals surface area contributed by atoms with Crippen LogP contribution in [-0.4, -0.2) is 62.2 Å². The van der Waals surface area contributed by atoms with Crippen LogP contribution in [0.25, 0.3) is 0 Å². The van der Waals surface area contributed by atoms with E-state index in [0.717, 1.165) is 5.41 Å². The Morgan fingerprint density at radius 3 is 2.11 bits per heavy atom. The highest BCUT2D eigenvalue weighted by Crippen LogP contribution is 2.45. The summed E-state index contributed by atoms with van der Waals surface area (Å²) in [5, 5.41) is 3.49. The molecule has 0 bridgehead atoms. The van der Waals surface area contributed by atoms with Crippen LogP contribution in [0.2, 0.25) is 0 Å².